The van der Waals surface area contributed by atoms with Crippen LogP contribution < -0.4 is 0 Å². The van der Waals surface area contributed by atoms with Gasteiger partial charge in [-0.3, -0.25) is 0 Å². The minimum absolute atomic E-state index is 0.159. The van der Waals surface area contributed by atoms with Crippen LogP contribution >= 0.6 is 0 Å². The molecule has 0 bridgehead atoms. The fraction of sp³-hybridized carbons (Fsp3) is 0.357. The number of hydrogen-bond acceptors (Lipinski definition) is 5. The summed E-state index contributed by atoms with van der Waals surface area (Å²) in [5.41, 5.74) is 0.605. The largest absolute Gasteiger partial charge is 0.478 e. The molecule has 3 rings (SSSR count). The van der Waals surface area contributed by atoms with Crippen molar-refractivity contribution in [1.82, 2.24) is 10.1 Å². The average Bonchev–Trinajstić information content (AvgIpc) is 3.11. The standard InChI is InChI=1S/C14H14N2O4/c17-14(18)11-4-2-1-3-10(11)13-15-12(16-20-13)7-9-5-6-19-8-9/h1-4,9H,5-8H2,(H,17,18). The van der Waals surface area contributed by atoms with Crippen LogP contribution in [0.15, 0.2) is 28.8 Å². The van der Waals surface area contributed by atoms with Crippen molar-refractivity contribution in [2.45, 2.75) is 12.8 Å². The van der Waals surface area contributed by atoms with E-state index in [1.807, 2.05) is 0 Å². The Bertz CT molecular complexity index is 617. The molecule has 0 radical (unpaired) electrons. The van der Waals surface area contributed by atoms with Crippen LogP contribution in [0.25, 0.3) is 11.5 Å². The van der Waals surface area contributed by atoms with Crippen LogP contribution in [0.3, 0.4) is 0 Å². The highest BCUT2D eigenvalue weighted by Crippen LogP contribution is 2.23. The van der Waals surface area contributed by atoms with Crippen molar-refractivity contribution in [2.24, 2.45) is 5.92 Å². The van der Waals surface area contributed by atoms with Crippen LogP contribution in [-0.4, -0.2) is 34.4 Å². The number of benzene rings is 1. The summed E-state index contributed by atoms with van der Waals surface area (Å²) < 4.78 is 10.5. The van der Waals surface area contributed by atoms with Gasteiger partial charge in [0.2, 0.25) is 0 Å². The molecule has 0 amide bonds. The zero-order chi connectivity index (χ0) is 13.9. The third kappa shape index (κ3) is 2.55. The van der Waals surface area contributed by atoms with E-state index in [2.05, 4.69) is 10.1 Å². The smallest absolute Gasteiger partial charge is 0.336 e. The number of ether oxygens (including phenoxy) is 1. The van der Waals surface area contributed by atoms with Gasteiger partial charge in [-0.15, -0.1) is 0 Å². The summed E-state index contributed by atoms with van der Waals surface area (Å²) in [5.74, 6) is 0.243. The van der Waals surface area contributed by atoms with Gasteiger partial charge in [0.05, 0.1) is 11.1 Å². The normalized spacial score (nSPS) is 18.3. The van der Waals surface area contributed by atoms with Gasteiger partial charge in [0.1, 0.15) is 0 Å². The number of aromatic carboxylic acids is 1. The lowest BCUT2D eigenvalue weighted by Gasteiger charge is -2.01. The zero-order valence-corrected chi connectivity index (χ0v) is 10.8. The molecule has 104 valence electrons. The average molecular weight is 274 g/mol. The molecule has 1 saturated heterocycles. The van der Waals surface area contributed by atoms with Gasteiger partial charge in [-0.1, -0.05) is 17.3 Å². The summed E-state index contributed by atoms with van der Waals surface area (Å²) in [6.07, 6.45) is 1.69. The first-order valence-corrected chi connectivity index (χ1v) is 6.47. The number of carboxylic acid groups (broad SMARTS) is 1. The van der Waals surface area contributed by atoms with E-state index in [1.165, 1.54) is 6.07 Å². The molecule has 1 aliphatic heterocycles. The van der Waals surface area contributed by atoms with E-state index in [0.29, 0.717) is 23.7 Å². The van der Waals surface area contributed by atoms with E-state index in [0.717, 1.165) is 19.6 Å². The highest BCUT2D eigenvalue weighted by molar-refractivity contribution is 5.94. The van der Waals surface area contributed by atoms with Gasteiger partial charge in [0.25, 0.3) is 5.89 Å². The Morgan fingerprint density at radius 1 is 1.40 bits per heavy atom. The Hall–Kier alpha value is -2.21. The summed E-state index contributed by atoms with van der Waals surface area (Å²) in [6.45, 7) is 1.49. The van der Waals surface area contributed by atoms with E-state index >= 15 is 0 Å². The molecule has 1 aliphatic rings. The lowest BCUT2D eigenvalue weighted by molar-refractivity contribution is 0.0697. The van der Waals surface area contributed by atoms with Crippen LogP contribution in [0.5, 0.6) is 0 Å². The van der Waals surface area contributed by atoms with Gasteiger partial charge < -0.3 is 14.4 Å². The van der Waals surface area contributed by atoms with Crippen molar-refractivity contribution in [2.75, 3.05) is 13.2 Å². The number of hydrogen-bond donors (Lipinski definition) is 1. The number of nitrogens with zero attached hydrogens (tertiary/aromatic N) is 2. The maximum absolute atomic E-state index is 11.2. The molecule has 1 unspecified atom stereocenters. The Labute approximate surface area is 115 Å². The second kappa shape index (κ2) is 5.42. The molecule has 1 aromatic heterocycles. The van der Waals surface area contributed by atoms with Crippen molar-refractivity contribution in [3.63, 3.8) is 0 Å². The molecule has 1 N–H and O–H groups in total. The maximum atomic E-state index is 11.2. The molecule has 0 saturated carbocycles. The summed E-state index contributed by atoms with van der Waals surface area (Å²) >= 11 is 0. The number of carboxylic acids is 1. The first-order chi connectivity index (χ1) is 9.74. The Kier molecular flexibility index (Phi) is 3.47. The Morgan fingerprint density at radius 2 is 2.25 bits per heavy atom. The van der Waals surface area contributed by atoms with Crippen LogP contribution in [0.4, 0.5) is 0 Å². The van der Waals surface area contributed by atoms with Gasteiger partial charge in [-0.25, -0.2) is 4.79 Å². The predicted molar refractivity (Wildman–Crippen MR) is 69.3 cm³/mol. The molecule has 20 heavy (non-hydrogen) atoms. The topological polar surface area (TPSA) is 85.5 Å². The summed E-state index contributed by atoms with van der Waals surface area (Å²) in [5, 5.41) is 13.1. The summed E-state index contributed by atoms with van der Waals surface area (Å²) in [4.78, 5) is 15.5. The number of rotatable bonds is 4. The third-order valence-electron chi connectivity index (χ3n) is 3.35. The number of carbonyl (C=O) groups is 1. The first-order valence-electron chi connectivity index (χ1n) is 6.47. The van der Waals surface area contributed by atoms with Crippen LogP contribution in [0.1, 0.15) is 22.6 Å². The van der Waals surface area contributed by atoms with Crippen molar-refractivity contribution in [1.29, 1.82) is 0 Å². The maximum Gasteiger partial charge on any atom is 0.336 e. The van der Waals surface area contributed by atoms with E-state index in [1.54, 1.807) is 18.2 Å². The van der Waals surface area contributed by atoms with Crippen molar-refractivity contribution in [3.05, 3.63) is 35.7 Å². The second-order valence-electron chi connectivity index (χ2n) is 4.80. The highest BCUT2D eigenvalue weighted by atomic mass is 16.5. The second-order valence-corrected chi connectivity index (χ2v) is 4.80. The molecule has 6 nitrogen and oxygen atoms in total. The monoisotopic (exact) mass is 274 g/mol. The van der Waals surface area contributed by atoms with Gasteiger partial charge in [0, 0.05) is 19.6 Å². The van der Waals surface area contributed by atoms with Gasteiger partial charge in [-0.2, -0.15) is 4.98 Å². The lowest BCUT2D eigenvalue weighted by Crippen LogP contribution is -2.05. The molecule has 1 fully saturated rings. The molecule has 6 heteroatoms. The molecule has 0 aliphatic carbocycles. The molecule has 2 aromatic rings. The predicted octanol–water partition coefficient (Wildman–Crippen LogP) is 2.01. The quantitative estimate of drug-likeness (QED) is 0.918. The Balaban J connectivity index is 1.84. The van der Waals surface area contributed by atoms with E-state index in [9.17, 15) is 4.79 Å². The van der Waals surface area contributed by atoms with E-state index in [-0.39, 0.29) is 11.5 Å². The van der Waals surface area contributed by atoms with Gasteiger partial charge >= 0.3 is 5.97 Å². The lowest BCUT2D eigenvalue weighted by atomic mass is 10.1. The summed E-state index contributed by atoms with van der Waals surface area (Å²) in [6, 6.07) is 6.60. The van der Waals surface area contributed by atoms with Crippen LogP contribution in [-0.2, 0) is 11.2 Å². The van der Waals surface area contributed by atoms with E-state index < -0.39 is 5.97 Å². The van der Waals surface area contributed by atoms with Crippen molar-refractivity contribution >= 4 is 5.97 Å². The van der Waals surface area contributed by atoms with Crippen molar-refractivity contribution < 1.29 is 19.2 Å². The first kappa shape index (κ1) is 12.8. The molecule has 0 spiro atoms. The van der Waals surface area contributed by atoms with Gasteiger partial charge in [0.15, 0.2) is 5.82 Å². The molecular formula is C14H14N2O4. The third-order valence-corrected chi connectivity index (χ3v) is 3.35. The Morgan fingerprint density at radius 3 is 3.00 bits per heavy atom. The molecule has 1 aromatic carbocycles. The van der Waals surface area contributed by atoms with E-state index in [4.69, 9.17) is 14.4 Å². The minimum atomic E-state index is -1.01. The minimum Gasteiger partial charge on any atom is -0.478 e. The molecular weight excluding hydrogens is 260 g/mol. The summed E-state index contributed by atoms with van der Waals surface area (Å²) in [7, 11) is 0. The molecule has 1 atom stereocenters. The van der Waals surface area contributed by atoms with Crippen molar-refractivity contribution in [3.8, 4) is 11.5 Å². The number of aromatic nitrogens is 2. The van der Waals surface area contributed by atoms with Crippen LogP contribution in [0, 0.1) is 5.92 Å². The van der Waals surface area contributed by atoms with Gasteiger partial charge in [-0.05, 0) is 24.5 Å². The zero-order valence-electron chi connectivity index (χ0n) is 10.8. The highest BCUT2D eigenvalue weighted by Gasteiger charge is 2.21. The van der Waals surface area contributed by atoms with Crippen LogP contribution in [0.2, 0.25) is 0 Å². The fourth-order valence-electron chi connectivity index (χ4n) is 2.30. The fourth-order valence-corrected chi connectivity index (χ4v) is 2.30. The molecule has 2 heterocycles. The SMILES string of the molecule is O=C(O)c1ccccc1-c1nc(CC2CCOC2)no1.